The molecule has 0 rings (SSSR count). The van der Waals surface area contributed by atoms with Gasteiger partial charge in [0.1, 0.15) is 0 Å². The average molecular weight is 286 g/mol. The molecule has 0 aromatic rings. The molecule has 4 heteroatoms. The Labute approximate surface area is 123 Å². The molecule has 0 aliphatic carbocycles. The van der Waals surface area contributed by atoms with Crippen molar-refractivity contribution in [3.05, 3.63) is 0 Å². The Kier molecular flexibility index (Phi) is 12.3. The van der Waals surface area contributed by atoms with E-state index in [4.69, 9.17) is 9.47 Å². The lowest BCUT2D eigenvalue weighted by Crippen LogP contribution is -2.24. The smallest absolute Gasteiger partial charge is 0.308 e. The van der Waals surface area contributed by atoms with Crippen molar-refractivity contribution in [3.8, 4) is 0 Å². The molecular weight excluding hydrogens is 256 g/mol. The van der Waals surface area contributed by atoms with Gasteiger partial charge in [-0.25, -0.2) is 0 Å². The zero-order chi connectivity index (χ0) is 15.2. The van der Waals surface area contributed by atoms with E-state index in [-0.39, 0.29) is 11.9 Å². The minimum absolute atomic E-state index is 0.282. The number of esters is 2. The predicted octanol–water partition coefficient (Wildman–Crippen LogP) is 4.36. The molecule has 0 aliphatic rings. The first-order valence-corrected chi connectivity index (χ1v) is 8.02. The van der Waals surface area contributed by atoms with Crippen LogP contribution in [0.3, 0.4) is 0 Å². The maximum atomic E-state index is 11.5. The number of ether oxygens (including phenoxy) is 2. The van der Waals surface area contributed by atoms with Crippen molar-refractivity contribution in [1.82, 2.24) is 0 Å². The molecule has 0 heterocycles. The first-order chi connectivity index (χ1) is 9.63. The summed E-state index contributed by atoms with van der Waals surface area (Å²) >= 11 is 0. The Morgan fingerprint density at radius 3 is 1.70 bits per heavy atom. The topological polar surface area (TPSA) is 52.6 Å². The lowest BCUT2D eigenvalue weighted by molar-refractivity contribution is -0.189. The van der Waals surface area contributed by atoms with Gasteiger partial charge in [-0.05, 0) is 19.3 Å². The molecule has 0 bridgehead atoms. The van der Waals surface area contributed by atoms with Crippen LogP contribution in [0.2, 0.25) is 0 Å². The summed E-state index contributed by atoms with van der Waals surface area (Å²) in [7, 11) is 0. The van der Waals surface area contributed by atoms with Gasteiger partial charge in [-0.2, -0.15) is 0 Å². The second kappa shape index (κ2) is 12.9. The van der Waals surface area contributed by atoms with Crippen LogP contribution in [0.15, 0.2) is 0 Å². The van der Waals surface area contributed by atoms with Gasteiger partial charge in [-0.15, -0.1) is 0 Å². The molecule has 0 spiro atoms. The predicted molar refractivity (Wildman–Crippen MR) is 79.2 cm³/mol. The van der Waals surface area contributed by atoms with Crippen LogP contribution in [-0.4, -0.2) is 18.2 Å². The van der Waals surface area contributed by atoms with Gasteiger partial charge < -0.3 is 9.47 Å². The monoisotopic (exact) mass is 286 g/mol. The zero-order valence-corrected chi connectivity index (χ0v) is 13.3. The van der Waals surface area contributed by atoms with Gasteiger partial charge >= 0.3 is 11.9 Å². The molecular formula is C16H30O4. The quantitative estimate of drug-likeness (QED) is 0.304. The molecule has 0 fully saturated rings. The fraction of sp³-hybridized carbons (Fsp3) is 0.875. The highest BCUT2D eigenvalue weighted by molar-refractivity contribution is 5.71. The van der Waals surface area contributed by atoms with Crippen molar-refractivity contribution in [2.45, 2.75) is 91.3 Å². The molecule has 0 unspecified atom stereocenters. The Morgan fingerprint density at radius 2 is 1.25 bits per heavy atom. The van der Waals surface area contributed by atoms with Crippen LogP contribution < -0.4 is 0 Å². The summed E-state index contributed by atoms with van der Waals surface area (Å²) in [5.74, 6) is -0.564. The van der Waals surface area contributed by atoms with Gasteiger partial charge in [0.15, 0.2) is 0 Å². The molecule has 0 amide bonds. The van der Waals surface area contributed by atoms with Gasteiger partial charge in [0, 0.05) is 19.3 Å². The third kappa shape index (κ3) is 10.8. The molecule has 0 aromatic carbocycles. The minimum Gasteiger partial charge on any atom is -0.425 e. The van der Waals surface area contributed by atoms with Crippen LogP contribution in [0.4, 0.5) is 0 Å². The third-order valence-electron chi connectivity index (χ3n) is 2.98. The summed E-state index contributed by atoms with van der Waals surface area (Å²) in [4.78, 5) is 23.0. The zero-order valence-electron chi connectivity index (χ0n) is 13.3. The Balaban J connectivity index is 4.10. The first-order valence-electron chi connectivity index (χ1n) is 8.02. The lowest BCUT2D eigenvalue weighted by Gasteiger charge is -2.18. The summed E-state index contributed by atoms with van der Waals surface area (Å²) in [6, 6.07) is 0. The van der Waals surface area contributed by atoms with Gasteiger partial charge in [0.05, 0.1) is 0 Å². The molecule has 0 aliphatic heterocycles. The summed E-state index contributed by atoms with van der Waals surface area (Å²) in [5.41, 5.74) is 0. The van der Waals surface area contributed by atoms with Crippen LogP contribution in [0.1, 0.15) is 85.0 Å². The van der Waals surface area contributed by atoms with E-state index in [2.05, 4.69) is 6.92 Å². The molecule has 0 radical (unpaired) electrons. The molecule has 4 nitrogen and oxygen atoms in total. The second-order valence-corrected chi connectivity index (χ2v) is 5.11. The number of unbranched alkanes of at least 4 members (excludes halogenated alkanes) is 4. The summed E-state index contributed by atoms with van der Waals surface area (Å²) in [6.45, 7) is 6.01. The van der Waals surface area contributed by atoms with Crippen molar-refractivity contribution in [2.24, 2.45) is 0 Å². The van der Waals surface area contributed by atoms with E-state index in [1.165, 1.54) is 19.3 Å². The van der Waals surface area contributed by atoms with Crippen LogP contribution >= 0.6 is 0 Å². The van der Waals surface area contributed by atoms with E-state index >= 15 is 0 Å². The highest BCUT2D eigenvalue weighted by Gasteiger charge is 2.17. The lowest BCUT2D eigenvalue weighted by atomic mass is 10.1. The van der Waals surface area contributed by atoms with E-state index in [0.717, 1.165) is 25.7 Å². The number of hydrogen-bond donors (Lipinski definition) is 0. The number of carbonyl (C=O) groups is 2. The van der Waals surface area contributed by atoms with Gasteiger partial charge in [0.25, 0.3) is 0 Å². The van der Waals surface area contributed by atoms with E-state index in [9.17, 15) is 9.59 Å². The molecule has 0 saturated heterocycles. The van der Waals surface area contributed by atoms with Crippen molar-refractivity contribution >= 4 is 11.9 Å². The Bertz CT molecular complexity index is 243. The fourth-order valence-corrected chi connectivity index (χ4v) is 1.88. The SMILES string of the molecule is CCCCCCCC(OC(=O)CCC)OC(=O)CCC. The molecule has 0 aromatic heterocycles. The standard InChI is InChI=1S/C16H30O4/c1-4-7-8-9-10-13-16(19-14(17)11-5-2)20-15(18)12-6-3/h16H,4-13H2,1-3H3. The average Bonchev–Trinajstić information content (AvgIpc) is 2.38. The largest absolute Gasteiger partial charge is 0.425 e. The molecule has 0 atom stereocenters. The second-order valence-electron chi connectivity index (χ2n) is 5.11. The van der Waals surface area contributed by atoms with E-state index < -0.39 is 6.29 Å². The first kappa shape index (κ1) is 18.9. The molecule has 0 saturated carbocycles. The minimum atomic E-state index is -0.699. The van der Waals surface area contributed by atoms with E-state index in [1.807, 2.05) is 13.8 Å². The molecule has 20 heavy (non-hydrogen) atoms. The number of rotatable bonds is 12. The summed E-state index contributed by atoms with van der Waals surface area (Å²) in [5, 5.41) is 0. The molecule has 118 valence electrons. The fourth-order valence-electron chi connectivity index (χ4n) is 1.88. The van der Waals surface area contributed by atoms with E-state index in [0.29, 0.717) is 19.3 Å². The summed E-state index contributed by atoms with van der Waals surface area (Å²) in [6.07, 6.45) is 7.73. The summed E-state index contributed by atoms with van der Waals surface area (Å²) < 4.78 is 10.5. The van der Waals surface area contributed by atoms with Crippen LogP contribution in [0.25, 0.3) is 0 Å². The van der Waals surface area contributed by atoms with Crippen molar-refractivity contribution < 1.29 is 19.1 Å². The Hall–Kier alpha value is -1.06. The van der Waals surface area contributed by atoms with Crippen molar-refractivity contribution in [1.29, 1.82) is 0 Å². The van der Waals surface area contributed by atoms with Crippen LogP contribution in [-0.2, 0) is 19.1 Å². The van der Waals surface area contributed by atoms with Gasteiger partial charge in [0.2, 0.25) is 6.29 Å². The third-order valence-corrected chi connectivity index (χ3v) is 2.98. The highest BCUT2D eigenvalue weighted by Crippen LogP contribution is 2.13. The normalized spacial score (nSPS) is 10.6. The molecule has 0 N–H and O–H groups in total. The highest BCUT2D eigenvalue weighted by atomic mass is 16.7. The van der Waals surface area contributed by atoms with Crippen LogP contribution in [0, 0.1) is 0 Å². The van der Waals surface area contributed by atoms with Crippen LogP contribution in [0.5, 0.6) is 0 Å². The van der Waals surface area contributed by atoms with Gasteiger partial charge in [-0.3, -0.25) is 9.59 Å². The maximum Gasteiger partial charge on any atom is 0.308 e. The van der Waals surface area contributed by atoms with E-state index in [1.54, 1.807) is 0 Å². The van der Waals surface area contributed by atoms with Crippen molar-refractivity contribution in [3.63, 3.8) is 0 Å². The maximum absolute atomic E-state index is 11.5. The van der Waals surface area contributed by atoms with Crippen molar-refractivity contribution in [2.75, 3.05) is 0 Å². The van der Waals surface area contributed by atoms with Gasteiger partial charge in [-0.1, -0.05) is 46.5 Å². The number of carbonyl (C=O) groups excluding carboxylic acids is 2. The number of hydrogen-bond acceptors (Lipinski definition) is 4. The Morgan fingerprint density at radius 1 is 0.750 bits per heavy atom.